The van der Waals surface area contributed by atoms with Crippen molar-refractivity contribution >= 4 is 0 Å². The number of nitrogens with two attached hydrogens (primary N) is 1. The highest BCUT2D eigenvalue weighted by atomic mass is 19.4. The Hall–Kier alpha value is -1.54. The van der Waals surface area contributed by atoms with Crippen LogP contribution < -0.4 is 5.73 Å². The van der Waals surface area contributed by atoms with E-state index in [2.05, 4.69) is 0 Å². The van der Waals surface area contributed by atoms with Gasteiger partial charge in [0, 0.05) is 6.04 Å². The summed E-state index contributed by atoms with van der Waals surface area (Å²) in [4.78, 5) is 0. The molecule has 0 saturated carbocycles. The second-order valence-electron chi connectivity index (χ2n) is 3.09. The number of hydrogen-bond acceptors (Lipinski definition) is 2. The van der Waals surface area contributed by atoms with Crippen molar-refractivity contribution in [3.05, 3.63) is 35.4 Å². The molecule has 0 aromatic heterocycles. The molecule has 2 nitrogen and oxygen atoms in total. The third-order valence-corrected chi connectivity index (χ3v) is 1.98. The van der Waals surface area contributed by atoms with E-state index in [4.69, 9.17) is 11.0 Å². The van der Waals surface area contributed by atoms with Crippen LogP contribution in [-0.4, -0.2) is 0 Å². The predicted octanol–water partition coefficient (Wildman–Crippen LogP) is 2.62. The molecular formula is C10H9F3N2. The number of rotatable bonds is 2. The second-order valence-corrected chi connectivity index (χ2v) is 3.09. The minimum absolute atomic E-state index is 0.0887. The summed E-state index contributed by atoms with van der Waals surface area (Å²) < 4.78 is 36.6. The van der Waals surface area contributed by atoms with Crippen molar-refractivity contribution in [2.75, 3.05) is 0 Å². The maximum atomic E-state index is 12.2. The molecule has 0 radical (unpaired) electrons. The zero-order valence-electron chi connectivity index (χ0n) is 7.75. The van der Waals surface area contributed by atoms with E-state index >= 15 is 0 Å². The second kappa shape index (κ2) is 4.32. The van der Waals surface area contributed by atoms with Gasteiger partial charge in [0.25, 0.3) is 0 Å². The highest BCUT2D eigenvalue weighted by Gasteiger charge is 2.30. The molecule has 1 aromatic rings. The minimum Gasteiger partial charge on any atom is -0.323 e. The van der Waals surface area contributed by atoms with Gasteiger partial charge in [-0.05, 0) is 17.7 Å². The molecule has 0 amide bonds. The van der Waals surface area contributed by atoms with Crippen LogP contribution in [0.1, 0.15) is 23.6 Å². The summed E-state index contributed by atoms with van der Waals surface area (Å²) in [7, 11) is 0. The molecule has 0 unspecified atom stereocenters. The van der Waals surface area contributed by atoms with Crippen LogP contribution in [0, 0.1) is 11.3 Å². The number of benzene rings is 1. The molecule has 0 bridgehead atoms. The largest absolute Gasteiger partial charge is 0.416 e. The quantitative estimate of drug-likeness (QED) is 0.822. The van der Waals surface area contributed by atoms with Crippen molar-refractivity contribution in [1.29, 1.82) is 5.26 Å². The van der Waals surface area contributed by atoms with Crippen molar-refractivity contribution < 1.29 is 13.2 Å². The van der Waals surface area contributed by atoms with Crippen LogP contribution in [0.2, 0.25) is 0 Å². The summed E-state index contributed by atoms with van der Waals surface area (Å²) in [5.41, 5.74) is 5.38. The molecule has 80 valence electrons. The Balaban J connectivity index is 2.87. The normalized spacial score (nSPS) is 13.3. The van der Waals surface area contributed by atoms with E-state index in [0.29, 0.717) is 5.56 Å². The third kappa shape index (κ3) is 2.96. The van der Waals surface area contributed by atoms with Gasteiger partial charge in [-0.15, -0.1) is 0 Å². The Kier molecular flexibility index (Phi) is 3.32. The van der Waals surface area contributed by atoms with Gasteiger partial charge < -0.3 is 5.73 Å². The van der Waals surface area contributed by atoms with E-state index in [1.165, 1.54) is 12.1 Å². The Labute approximate surface area is 85.1 Å². The molecule has 0 aliphatic rings. The summed E-state index contributed by atoms with van der Waals surface area (Å²) in [6, 6.07) is 5.86. The molecule has 0 spiro atoms. The van der Waals surface area contributed by atoms with E-state index in [9.17, 15) is 13.2 Å². The number of alkyl halides is 3. The third-order valence-electron chi connectivity index (χ3n) is 1.98. The molecule has 5 heteroatoms. The molecule has 0 fully saturated rings. The van der Waals surface area contributed by atoms with Crippen LogP contribution in [0.3, 0.4) is 0 Å². The van der Waals surface area contributed by atoms with Gasteiger partial charge in [0.2, 0.25) is 0 Å². The van der Waals surface area contributed by atoms with Crippen molar-refractivity contribution in [2.45, 2.75) is 18.6 Å². The van der Waals surface area contributed by atoms with Gasteiger partial charge in [-0.2, -0.15) is 18.4 Å². The average Bonchev–Trinajstić information content (AvgIpc) is 2.17. The van der Waals surface area contributed by atoms with E-state index in [0.717, 1.165) is 12.1 Å². The van der Waals surface area contributed by atoms with E-state index in [1.807, 2.05) is 6.07 Å². The molecule has 0 saturated heterocycles. The molecule has 15 heavy (non-hydrogen) atoms. The van der Waals surface area contributed by atoms with Crippen LogP contribution >= 0.6 is 0 Å². The van der Waals surface area contributed by atoms with E-state index in [1.54, 1.807) is 0 Å². The fraction of sp³-hybridized carbons (Fsp3) is 0.300. The van der Waals surface area contributed by atoms with Gasteiger partial charge in [-0.25, -0.2) is 0 Å². The number of hydrogen-bond donors (Lipinski definition) is 1. The van der Waals surface area contributed by atoms with Gasteiger partial charge in [0.15, 0.2) is 0 Å². The zero-order chi connectivity index (χ0) is 11.5. The fourth-order valence-corrected chi connectivity index (χ4v) is 1.14. The average molecular weight is 214 g/mol. The first-order valence-corrected chi connectivity index (χ1v) is 4.25. The molecular weight excluding hydrogens is 205 g/mol. The number of halogens is 3. The van der Waals surface area contributed by atoms with Crippen LogP contribution in [0.25, 0.3) is 0 Å². The van der Waals surface area contributed by atoms with Crippen LogP contribution in [0.4, 0.5) is 13.2 Å². The van der Waals surface area contributed by atoms with Gasteiger partial charge in [0.1, 0.15) is 0 Å². The SMILES string of the molecule is N#CC[C@H](N)c1ccc(C(F)(F)F)cc1. The first-order chi connectivity index (χ1) is 6.95. The van der Waals surface area contributed by atoms with Crippen LogP contribution in [0.15, 0.2) is 24.3 Å². The molecule has 0 heterocycles. The smallest absolute Gasteiger partial charge is 0.323 e. The van der Waals surface area contributed by atoms with Crippen LogP contribution in [0.5, 0.6) is 0 Å². The fourth-order valence-electron chi connectivity index (χ4n) is 1.14. The monoisotopic (exact) mass is 214 g/mol. The molecule has 0 aliphatic heterocycles. The van der Waals surface area contributed by atoms with Gasteiger partial charge in [-0.1, -0.05) is 12.1 Å². The summed E-state index contributed by atoms with van der Waals surface area (Å²) >= 11 is 0. The Morgan fingerprint density at radius 1 is 1.27 bits per heavy atom. The summed E-state index contributed by atoms with van der Waals surface area (Å²) in [6.07, 6.45) is -4.25. The lowest BCUT2D eigenvalue weighted by molar-refractivity contribution is -0.137. The van der Waals surface area contributed by atoms with Crippen molar-refractivity contribution in [3.8, 4) is 6.07 Å². The molecule has 2 N–H and O–H groups in total. The number of nitriles is 1. The highest BCUT2D eigenvalue weighted by Crippen LogP contribution is 2.29. The van der Waals surface area contributed by atoms with Crippen molar-refractivity contribution in [2.24, 2.45) is 5.73 Å². The van der Waals surface area contributed by atoms with E-state index in [-0.39, 0.29) is 6.42 Å². The van der Waals surface area contributed by atoms with Gasteiger partial charge in [0.05, 0.1) is 18.1 Å². The number of nitrogens with zero attached hydrogens (tertiary/aromatic N) is 1. The zero-order valence-corrected chi connectivity index (χ0v) is 7.75. The Morgan fingerprint density at radius 3 is 2.20 bits per heavy atom. The lowest BCUT2D eigenvalue weighted by atomic mass is 10.0. The molecule has 0 aliphatic carbocycles. The van der Waals surface area contributed by atoms with Crippen molar-refractivity contribution in [3.63, 3.8) is 0 Å². The summed E-state index contributed by atoms with van der Waals surface area (Å²) in [5, 5.41) is 8.37. The minimum atomic E-state index is -4.34. The van der Waals surface area contributed by atoms with Gasteiger partial charge >= 0.3 is 6.18 Å². The Bertz CT molecular complexity index is 362. The highest BCUT2D eigenvalue weighted by molar-refractivity contribution is 5.27. The summed E-state index contributed by atoms with van der Waals surface area (Å²) in [5.74, 6) is 0. The lowest BCUT2D eigenvalue weighted by Gasteiger charge is -2.10. The van der Waals surface area contributed by atoms with Crippen molar-refractivity contribution in [1.82, 2.24) is 0 Å². The maximum absolute atomic E-state index is 12.2. The van der Waals surface area contributed by atoms with Crippen LogP contribution in [-0.2, 0) is 6.18 Å². The van der Waals surface area contributed by atoms with Gasteiger partial charge in [-0.3, -0.25) is 0 Å². The Morgan fingerprint density at radius 2 is 1.80 bits per heavy atom. The molecule has 1 atom stereocenters. The topological polar surface area (TPSA) is 49.8 Å². The maximum Gasteiger partial charge on any atom is 0.416 e. The van der Waals surface area contributed by atoms with E-state index < -0.39 is 17.8 Å². The molecule has 1 aromatic carbocycles. The first kappa shape index (κ1) is 11.5. The standard InChI is InChI=1S/C10H9F3N2/c11-10(12,13)8-3-1-7(2-4-8)9(15)5-6-14/h1-4,9H,5,15H2/t9-/m0/s1. The summed E-state index contributed by atoms with van der Waals surface area (Å²) in [6.45, 7) is 0. The lowest BCUT2D eigenvalue weighted by Crippen LogP contribution is -2.10. The predicted molar refractivity (Wildman–Crippen MR) is 48.6 cm³/mol. The molecule has 1 rings (SSSR count). The first-order valence-electron chi connectivity index (χ1n) is 4.25.